The molecule has 18 heavy (non-hydrogen) atoms. The predicted molar refractivity (Wildman–Crippen MR) is 61.1 cm³/mol. The van der Waals surface area contributed by atoms with E-state index in [2.05, 4.69) is 4.74 Å². The zero-order chi connectivity index (χ0) is 13.3. The molecule has 0 saturated heterocycles. The van der Waals surface area contributed by atoms with E-state index in [0.717, 1.165) is 11.0 Å². The molecule has 0 amide bonds. The number of nitrogens with zero attached hydrogens (tertiary/aromatic N) is 1. The molecule has 0 atom stereocenters. The van der Waals surface area contributed by atoms with Crippen molar-refractivity contribution in [1.29, 1.82) is 0 Å². The van der Waals surface area contributed by atoms with Gasteiger partial charge in [0.15, 0.2) is 5.78 Å². The van der Waals surface area contributed by atoms with E-state index in [9.17, 15) is 14.4 Å². The molecule has 0 aliphatic heterocycles. The van der Waals surface area contributed by atoms with Crippen molar-refractivity contribution < 1.29 is 24.2 Å². The number of ether oxygens (including phenoxy) is 1. The summed E-state index contributed by atoms with van der Waals surface area (Å²) in [6.07, 6.45) is 2.22. The zero-order valence-electron chi connectivity index (χ0n) is 9.93. The quantitative estimate of drug-likeness (QED) is 0.606. The van der Waals surface area contributed by atoms with E-state index >= 15 is 0 Å². The molecule has 1 aliphatic carbocycles. The van der Waals surface area contributed by atoms with Crippen LogP contribution in [0.25, 0.3) is 0 Å². The number of methoxy groups -OCH3 is 1. The minimum atomic E-state index is -1.20. The van der Waals surface area contributed by atoms with Crippen LogP contribution < -0.4 is 0 Å². The average molecular weight is 251 g/mol. The first kappa shape index (κ1) is 12.3. The van der Waals surface area contributed by atoms with Crippen molar-refractivity contribution in [1.82, 2.24) is 4.57 Å². The Labute approximate surface area is 103 Å². The molecule has 2 rings (SSSR count). The van der Waals surface area contributed by atoms with Gasteiger partial charge in [-0.05, 0) is 19.3 Å². The van der Waals surface area contributed by atoms with E-state index in [1.165, 1.54) is 13.3 Å². The molecule has 1 aromatic rings. The Morgan fingerprint density at radius 1 is 1.33 bits per heavy atom. The highest BCUT2D eigenvalue weighted by Crippen LogP contribution is 2.26. The van der Waals surface area contributed by atoms with Crippen LogP contribution in [0.3, 0.4) is 0 Å². The number of fused-ring (bicyclic) bond motifs is 1. The molecule has 1 aromatic heterocycles. The molecule has 6 heteroatoms. The van der Waals surface area contributed by atoms with Gasteiger partial charge < -0.3 is 9.84 Å². The fraction of sp³-hybridized carbons (Fsp3) is 0.417. The molecule has 1 heterocycles. The predicted octanol–water partition coefficient (Wildman–Crippen LogP) is 1.71. The molecule has 0 fully saturated rings. The van der Waals surface area contributed by atoms with Crippen LogP contribution in [0, 0.1) is 0 Å². The van der Waals surface area contributed by atoms with Crippen molar-refractivity contribution in [3.05, 3.63) is 23.0 Å². The molecule has 0 radical (unpaired) electrons. The molecule has 1 aliphatic rings. The van der Waals surface area contributed by atoms with Crippen LogP contribution in [0.4, 0.5) is 4.79 Å². The Kier molecular flexibility index (Phi) is 3.18. The van der Waals surface area contributed by atoms with E-state index in [1.807, 2.05) is 0 Å². The van der Waals surface area contributed by atoms with Crippen molar-refractivity contribution in [2.24, 2.45) is 0 Å². The van der Waals surface area contributed by atoms with E-state index in [-0.39, 0.29) is 16.9 Å². The van der Waals surface area contributed by atoms with Gasteiger partial charge >= 0.3 is 12.1 Å². The number of ketones is 1. The number of hydrogen-bond acceptors (Lipinski definition) is 4. The topological polar surface area (TPSA) is 85.6 Å². The lowest BCUT2D eigenvalue weighted by molar-refractivity contribution is 0.0597. The number of carbonyl (C=O) groups excluding carboxylic acids is 2. The summed E-state index contributed by atoms with van der Waals surface area (Å²) in [5.74, 6) is -0.871. The summed E-state index contributed by atoms with van der Waals surface area (Å²) in [4.78, 5) is 34.7. The van der Waals surface area contributed by atoms with E-state index in [4.69, 9.17) is 5.11 Å². The van der Waals surface area contributed by atoms with Gasteiger partial charge in [-0.2, -0.15) is 0 Å². The molecule has 0 saturated carbocycles. The lowest BCUT2D eigenvalue weighted by atomic mass is 10.1. The molecule has 0 spiro atoms. The van der Waals surface area contributed by atoms with Crippen molar-refractivity contribution in [3.8, 4) is 0 Å². The van der Waals surface area contributed by atoms with Crippen molar-refractivity contribution in [2.75, 3.05) is 7.11 Å². The van der Waals surface area contributed by atoms with E-state index in [0.29, 0.717) is 25.0 Å². The van der Waals surface area contributed by atoms with Crippen LogP contribution >= 0.6 is 0 Å². The van der Waals surface area contributed by atoms with Gasteiger partial charge in [0.2, 0.25) is 0 Å². The first-order chi connectivity index (χ1) is 8.56. The average Bonchev–Trinajstić information content (AvgIpc) is 2.63. The lowest BCUT2D eigenvalue weighted by Crippen LogP contribution is -2.11. The van der Waals surface area contributed by atoms with Gasteiger partial charge in [-0.15, -0.1) is 0 Å². The molecule has 96 valence electrons. The Hall–Kier alpha value is -2.11. The van der Waals surface area contributed by atoms with Gasteiger partial charge in [0.05, 0.1) is 18.2 Å². The summed E-state index contributed by atoms with van der Waals surface area (Å²) < 4.78 is 5.54. The summed E-state index contributed by atoms with van der Waals surface area (Å²) in [5, 5.41) is 9.09. The minimum absolute atomic E-state index is 0.0433. The smallest absolute Gasteiger partial charge is 0.415 e. The van der Waals surface area contributed by atoms with Gasteiger partial charge in [-0.1, -0.05) is 0 Å². The zero-order valence-corrected chi connectivity index (χ0v) is 9.93. The van der Waals surface area contributed by atoms with Crippen LogP contribution in [0.5, 0.6) is 0 Å². The first-order valence-electron chi connectivity index (χ1n) is 5.65. The Morgan fingerprint density at radius 2 is 2.00 bits per heavy atom. The fourth-order valence-corrected chi connectivity index (χ4v) is 2.24. The summed E-state index contributed by atoms with van der Waals surface area (Å²) in [6, 6.07) is 0. The SMILES string of the molecule is COC(=O)c1cn(C(=O)O)c2c1C(=O)CCCC2. The maximum Gasteiger partial charge on any atom is 0.415 e. The second-order valence-electron chi connectivity index (χ2n) is 4.14. The second kappa shape index (κ2) is 4.64. The highest BCUT2D eigenvalue weighted by atomic mass is 16.5. The largest absolute Gasteiger partial charge is 0.465 e. The van der Waals surface area contributed by atoms with Gasteiger partial charge in [-0.25, -0.2) is 9.59 Å². The van der Waals surface area contributed by atoms with Gasteiger partial charge in [-0.3, -0.25) is 9.36 Å². The third-order valence-electron chi connectivity index (χ3n) is 3.06. The van der Waals surface area contributed by atoms with E-state index < -0.39 is 12.1 Å². The molecule has 0 bridgehead atoms. The van der Waals surface area contributed by atoms with Crippen LogP contribution in [0.2, 0.25) is 0 Å². The van der Waals surface area contributed by atoms with Crippen LogP contribution in [0.15, 0.2) is 6.20 Å². The molecule has 0 unspecified atom stereocenters. The lowest BCUT2D eigenvalue weighted by Gasteiger charge is -2.02. The minimum Gasteiger partial charge on any atom is -0.465 e. The molecule has 1 N–H and O–H groups in total. The third kappa shape index (κ3) is 1.90. The molecular formula is C12H13NO5. The highest BCUT2D eigenvalue weighted by molar-refractivity contribution is 6.08. The highest BCUT2D eigenvalue weighted by Gasteiger charge is 2.29. The standard InChI is InChI=1S/C12H13NO5/c1-18-11(15)7-6-13(12(16)17)8-4-2-3-5-9(14)10(7)8/h6H,2-5H2,1H3,(H,16,17). The molecule has 0 aromatic carbocycles. The number of esters is 1. The maximum absolute atomic E-state index is 12.0. The number of hydrogen-bond donors (Lipinski definition) is 1. The second-order valence-corrected chi connectivity index (χ2v) is 4.14. The van der Waals surface area contributed by atoms with E-state index in [1.54, 1.807) is 0 Å². The number of carboxylic acid groups (broad SMARTS) is 1. The van der Waals surface area contributed by atoms with Crippen molar-refractivity contribution >= 4 is 17.8 Å². The molecule has 6 nitrogen and oxygen atoms in total. The number of aromatic nitrogens is 1. The third-order valence-corrected chi connectivity index (χ3v) is 3.06. The summed E-state index contributed by atoms with van der Waals surface area (Å²) in [6.45, 7) is 0. The number of rotatable bonds is 1. The van der Waals surface area contributed by atoms with Crippen LogP contribution in [-0.2, 0) is 11.2 Å². The summed E-state index contributed by atoms with van der Waals surface area (Å²) >= 11 is 0. The maximum atomic E-state index is 12.0. The Balaban J connectivity index is 2.65. The van der Waals surface area contributed by atoms with Crippen molar-refractivity contribution in [2.45, 2.75) is 25.7 Å². The Morgan fingerprint density at radius 3 is 2.61 bits per heavy atom. The van der Waals surface area contributed by atoms with Gasteiger partial charge in [0.1, 0.15) is 0 Å². The van der Waals surface area contributed by atoms with Crippen LogP contribution in [-0.4, -0.2) is 34.6 Å². The monoisotopic (exact) mass is 251 g/mol. The van der Waals surface area contributed by atoms with Crippen molar-refractivity contribution in [3.63, 3.8) is 0 Å². The van der Waals surface area contributed by atoms with Gasteiger partial charge in [0, 0.05) is 18.3 Å². The number of Topliss-reactive ketones (excluding diaryl/α,β-unsaturated/α-hetero) is 1. The first-order valence-corrected chi connectivity index (χ1v) is 5.65. The normalized spacial score (nSPS) is 14.8. The Bertz CT molecular complexity index is 529. The summed E-state index contributed by atoms with van der Waals surface area (Å²) in [7, 11) is 1.20. The van der Waals surface area contributed by atoms with Crippen LogP contribution in [0.1, 0.15) is 45.7 Å². The molecular weight excluding hydrogens is 238 g/mol. The van der Waals surface area contributed by atoms with Gasteiger partial charge in [0.25, 0.3) is 0 Å². The number of carbonyl (C=O) groups is 3. The summed E-state index contributed by atoms with van der Waals surface area (Å²) in [5.41, 5.74) is 0.647. The fourth-order valence-electron chi connectivity index (χ4n) is 2.24.